The molecule has 8 heteroatoms. The van der Waals surface area contributed by atoms with Crippen molar-refractivity contribution in [2.45, 2.75) is 26.8 Å². The van der Waals surface area contributed by atoms with E-state index in [9.17, 15) is 8.42 Å². The van der Waals surface area contributed by atoms with Gasteiger partial charge in [0.2, 0.25) is 10.0 Å². The minimum atomic E-state index is -3.11. The van der Waals surface area contributed by atoms with Crippen molar-refractivity contribution >= 4 is 21.6 Å². The van der Waals surface area contributed by atoms with Crippen molar-refractivity contribution in [3.63, 3.8) is 0 Å². The van der Waals surface area contributed by atoms with Crippen LogP contribution in [-0.4, -0.2) is 37.5 Å². The third-order valence-electron chi connectivity index (χ3n) is 3.71. The van der Waals surface area contributed by atoms with Crippen molar-refractivity contribution < 1.29 is 8.42 Å². The Morgan fingerprint density at radius 3 is 2.46 bits per heavy atom. The smallest absolute Gasteiger partial charge is 0.208 e. The van der Waals surface area contributed by atoms with Crippen LogP contribution >= 0.6 is 11.6 Å². The first-order valence-electron chi connectivity index (χ1n) is 7.74. The summed E-state index contributed by atoms with van der Waals surface area (Å²) in [5.74, 6) is 0. The van der Waals surface area contributed by atoms with Gasteiger partial charge < -0.3 is 5.32 Å². The van der Waals surface area contributed by atoms with E-state index in [0.717, 1.165) is 41.9 Å². The maximum Gasteiger partial charge on any atom is 0.208 e. The van der Waals surface area contributed by atoms with Gasteiger partial charge in [0, 0.05) is 29.4 Å². The van der Waals surface area contributed by atoms with Crippen LogP contribution in [0.25, 0.3) is 5.69 Å². The second-order valence-electron chi connectivity index (χ2n) is 5.73. The van der Waals surface area contributed by atoms with Crippen molar-refractivity contribution in [2.24, 2.45) is 0 Å². The van der Waals surface area contributed by atoms with Gasteiger partial charge in [-0.1, -0.05) is 11.6 Å². The van der Waals surface area contributed by atoms with E-state index in [0.29, 0.717) is 18.1 Å². The molecule has 0 amide bonds. The molecule has 0 radical (unpaired) electrons. The predicted molar refractivity (Wildman–Crippen MR) is 97.2 cm³/mol. The SMILES string of the molecule is Cc1nn(-c2ccc(Cl)cc2)c(C)c1CNCCCNS(C)(=O)=O. The van der Waals surface area contributed by atoms with Crippen LogP contribution in [0.2, 0.25) is 5.02 Å². The third-order valence-corrected chi connectivity index (χ3v) is 4.69. The molecule has 0 bridgehead atoms. The zero-order valence-electron chi connectivity index (χ0n) is 14.1. The molecule has 24 heavy (non-hydrogen) atoms. The molecule has 2 aromatic rings. The number of hydrogen-bond acceptors (Lipinski definition) is 4. The molecule has 0 fully saturated rings. The lowest BCUT2D eigenvalue weighted by atomic mass is 10.2. The fourth-order valence-corrected chi connectivity index (χ4v) is 3.09. The summed E-state index contributed by atoms with van der Waals surface area (Å²) in [6.07, 6.45) is 1.90. The highest BCUT2D eigenvalue weighted by Crippen LogP contribution is 2.19. The third kappa shape index (κ3) is 5.31. The average molecular weight is 371 g/mol. The number of hydrogen-bond donors (Lipinski definition) is 2. The van der Waals surface area contributed by atoms with Crippen molar-refractivity contribution in [1.82, 2.24) is 19.8 Å². The molecule has 6 nitrogen and oxygen atoms in total. The van der Waals surface area contributed by atoms with Gasteiger partial charge in [0.15, 0.2) is 0 Å². The molecule has 0 atom stereocenters. The van der Waals surface area contributed by atoms with Gasteiger partial charge >= 0.3 is 0 Å². The van der Waals surface area contributed by atoms with Gasteiger partial charge in [-0.05, 0) is 51.1 Å². The molecule has 2 N–H and O–H groups in total. The number of nitrogens with one attached hydrogen (secondary N) is 2. The van der Waals surface area contributed by atoms with Gasteiger partial charge in [-0.3, -0.25) is 0 Å². The van der Waals surface area contributed by atoms with Crippen molar-refractivity contribution in [3.8, 4) is 5.69 Å². The molecular weight excluding hydrogens is 348 g/mol. The van der Waals surface area contributed by atoms with Gasteiger partial charge in [0.05, 0.1) is 17.6 Å². The summed E-state index contributed by atoms with van der Waals surface area (Å²) < 4.78 is 26.4. The first kappa shape index (κ1) is 18.9. The van der Waals surface area contributed by atoms with Crippen molar-refractivity contribution in [1.29, 1.82) is 0 Å². The maximum absolute atomic E-state index is 11.0. The molecule has 0 saturated heterocycles. The fourth-order valence-electron chi connectivity index (χ4n) is 2.45. The molecule has 0 spiro atoms. The van der Waals surface area contributed by atoms with E-state index in [4.69, 9.17) is 11.6 Å². The topological polar surface area (TPSA) is 76.0 Å². The highest BCUT2D eigenvalue weighted by atomic mass is 35.5. The Hall–Kier alpha value is -1.41. The number of rotatable bonds is 8. The summed E-state index contributed by atoms with van der Waals surface area (Å²) in [4.78, 5) is 0. The second kappa shape index (κ2) is 8.11. The molecule has 1 heterocycles. The van der Waals surface area contributed by atoms with E-state index in [1.165, 1.54) is 0 Å². The molecule has 1 aromatic carbocycles. The Balaban J connectivity index is 1.93. The molecule has 0 saturated carbocycles. The van der Waals surface area contributed by atoms with E-state index in [1.807, 2.05) is 42.8 Å². The van der Waals surface area contributed by atoms with Crippen LogP contribution in [0.4, 0.5) is 0 Å². The molecule has 1 aromatic heterocycles. The van der Waals surface area contributed by atoms with Crippen molar-refractivity contribution in [3.05, 3.63) is 46.2 Å². The minimum absolute atomic E-state index is 0.438. The van der Waals surface area contributed by atoms with Crippen LogP contribution in [-0.2, 0) is 16.6 Å². The van der Waals surface area contributed by atoms with E-state index in [1.54, 1.807) is 0 Å². The van der Waals surface area contributed by atoms with Gasteiger partial charge in [-0.25, -0.2) is 17.8 Å². The average Bonchev–Trinajstić information content (AvgIpc) is 2.78. The number of halogens is 1. The molecule has 0 aliphatic heterocycles. The standard InChI is InChI=1S/C16H23ClN4O2S/c1-12-16(11-18-9-4-10-19-24(3,22)23)13(2)21(20-12)15-7-5-14(17)6-8-15/h5-8,18-19H,4,9-11H2,1-3H3. The summed E-state index contributed by atoms with van der Waals surface area (Å²) >= 11 is 5.93. The summed E-state index contributed by atoms with van der Waals surface area (Å²) in [5, 5.41) is 8.63. The van der Waals surface area contributed by atoms with E-state index in [2.05, 4.69) is 15.1 Å². The van der Waals surface area contributed by atoms with E-state index < -0.39 is 10.0 Å². The molecule has 0 unspecified atom stereocenters. The fraction of sp³-hybridized carbons (Fsp3) is 0.438. The van der Waals surface area contributed by atoms with Crippen LogP contribution < -0.4 is 10.0 Å². The van der Waals surface area contributed by atoms with Crippen molar-refractivity contribution in [2.75, 3.05) is 19.3 Å². The minimum Gasteiger partial charge on any atom is -0.312 e. The van der Waals surface area contributed by atoms with Crippen LogP contribution in [0.15, 0.2) is 24.3 Å². The van der Waals surface area contributed by atoms with Gasteiger partial charge in [0.25, 0.3) is 0 Å². The lowest BCUT2D eigenvalue weighted by molar-refractivity contribution is 0.579. The summed E-state index contributed by atoms with van der Waals surface area (Å²) in [5.41, 5.74) is 4.19. The lowest BCUT2D eigenvalue weighted by Gasteiger charge is -2.07. The van der Waals surface area contributed by atoms with Crippen LogP contribution in [0.3, 0.4) is 0 Å². The summed E-state index contributed by atoms with van der Waals surface area (Å²) in [7, 11) is -3.11. The molecule has 0 aliphatic rings. The molecule has 2 rings (SSSR count). The number of aryl methyl sites for hydroxylation is 1. The first-order valence-corrected chi connectivity index (χ1v) is 10.0. The highest BCUT2D eigenvalue weighted by Gasteiger charge is 2.12. The zero-order valence-corrected chi connectivity index (χ0v) is 15.7. The Kier molecular flexibility index (Phi) is 6.40. The number of benzene rings is 1. The van der Waals surface area contributed by atoms with E-state index >= 15 is 0 Å². The van der Waals surface area contributed by atoms with Crippen LogP contribution in [0, 0.1) is 13.8 Å². The van der Waals surface area contributed by atoms with Gasteiger partial charge in [-0.15, -0.1) is 0 Å². The van der Waals surface area contributed by atoms with Crippen LogP contribution in [0.5, 0.6) is 0 Å². The molecule has 0 aliphatic carbocycles. The quantitative estimate of drug-likeness (QED) is 0.698. The monoisotopic (exact) mass is 370 g/mol. The summed E-state index contributed by atoms with van der Waals surface area (Å²) in [6.45, 7) is 5.89. The molecular formula is C16H23ClN4O2S. The Morgan fingerprint density at radius 2 is 1.83 bits per heavy atom. The number of nitrogens with zero attached hydrogens (tertiary/aromatic N) is 2. The van der Waals surface area contributed by atoms with Crippen LogP contribution in [0.1, 0.15) is 23.4 Å². The van der Waals surface area contributed by atoms with Gasteiger partial charge in [0.1, 0.15) is 0 Å². The van der Waals surface area contributed by atoms with E-state index in [-0.39, 0.29) is 0 Å². The number of aromatic nitrogens is 2. The maximum atomic E-state index is 11.0. The van der Waals surface area contributed by atoms with Gasteiger partial charge in [-0.2, -0.15) is 5.10 Å². The normalized spacial score (nSPS) is 11.8. The highest BCUT2D eigenvalue weighted by molar-refractivity contribution is 7.88. The second-order valence-corrected chi connectivity index (χ2v) is 8.00. The predicted octanol–water partition coefficient (Wildman–Crippen LogP) is 2.17. The zero-order chi connectivity index (χ0) is 17.7. The Morgan fingerprint density at radius 1 is 1.17 bits per heavy atom. The molecule has 132 valence electrons. The number of sulfonamides is 1. The lowest BCUT2D eigenvalue weighted by Crippen LogP contribution is -2.26. The Labute approximate surface area is 148 Å². The Bertz CT molecular complexity index is 785. The largest absolute Gasteiger partial charge is 0.312 e. The first-order chi connectivity index (χ1) is 11.3. The summed E-state index contributed by atoms with van der Waals surface area (Å²) in [6, 6.07) is 7.58.